The van der Waals surface area contributed by atoms with E-state index in [9.17, 15) is 0 Å². The Morgan fingerprint density at radius 1 is 0.958 bits per heavy atom. The first kappa shape index (κ1) is 28.8. The summed E-state index contributed by atoms with van der Waals surface area (Å²) in [6, 6.07) is 14.7. The molecule has 0 N–H and O–H groups in total. The van der Waals surface area contributed by atoms with Crippen molar-refractivity contribution in [2.24, 2.45) is 0 Å². The molecule has 1 aliphatic rings. The predicted molar refractivity (Wildman–Crippen MR) is 101 cm³/mol. The molecule has 2 radical (unpaired) electrons. The first-order valence-corrected chi connectivity index (χ1v) is 13.4. The second kappa shape index (κ2) is 16.5. The maximum Gasteiger partial charge on any atom is 4.00 e. The molecule has 0 heterocycles. The molecule has 2 aromatic carbocycles. The van der Waals surface area contributed by atoms with E-state index < -0.39 is 0 Å². The third kappa shape index (κ3) is 12.4. The van der Waals surface area contributed by atoms with Gasteiger partial charge in [0.2, 0.25) is 0 Å². The average molecular weight is 429 g/mol. The Morgan fingerprint density at radius 3 is 1.92 bits per heavy atom. The number of fused-ring (bicyclic) bond motifs is 1. The molecule has 0 atom stereocenters. The molecule has 0 fully saturated rings. The fourth-order valence-corrected chi connectivity index (χ4v) is 1.57. The van der Waals surface area contributed by atoms with Crippen LogP contribution in [0.2, 0.25) is 26.2 Å². The van der Waals surface area contributed by atoms with Crippen LogP contribution in [-0.2, 0) is 21.7 Å². The van der Waals surface area contributed by atoms with Crippen molar-refractivity contribution in [3.63, 3.8) is 0 Å². The van der Waals surface area contributed by atoms with Crippen molar-refractivity contribution < 1.29 is 46.5 Å². The molecule has 128 valence electrons. The van der Waals surface area contributed by atoms with Crippen LogP contribution in [0.4, 0.5) is 0 Å². The normalized spacial score (nSPS) is 11.2. The van der Waals surface area contributed by atoms with Gasteiger partial charge in [-0.3, -0.25) is 6.08 Å². The summed E-state index contributed by atoms with van der Waals surface area (Å²) in [5.41, 5.74) is 1.34. The van der Waals surface area contributed by atoms with Gasteiger partial charge in [-0.15, -0.1) is 43.0 Å². The van der Waals surface area contributed by atoms with Gasteiger partial charge < -0.3 is 24.8 Å². The molecule has 0 amide bonds. The third-order valence-electron chi connectivity index (χ3n) is 3.42. The molecular weight excluding hydrogens is 403 g/mol. The standard InChI is InChI=1S/C9H7.C6H7.C4H12Si2.2ClH.Ti/c1-2-5-9-7-3-6-8(9)4-1;1-6-4-2-3-5-6;1-5(2)6(3)4;;;/h1-7H;4-5H,2H2,1H3;1-4H3;2*1H;/q2*-1;;;;+4/p-2. The molecule has 1 aliphatic carbocycles. The van der Waals surface area contributed by atoms with E-state index in [0.29, 0.717) is 0 Å². The van der Waals surface area contributed by atoms with Crippen LogP contribution in [0.15, 0.2) is 60.2 Å². The van der Waals surface area contributed by atoms with Gasteiger partial charge in [0.15, 0.2) is 0 Å². The van der Waals surface area contributed by atoms with Crippen LogP contribution in [0, 0.1) is 6.08 Å². The molecule has 0 saturated carbocycles. The van der Waals surface area contributed by atoms with Gasteiger partial charge in [-0.2, -0.15) is 23.6 Å². The van der Waals surface area contributed by atoms with Crippen LogP contribution >= 0.6 is 0 Å². The first-order valence-electron chi connectivity index (χ1n) is 7.45. The molecule has 5 heteroatoms. The second-order valence-corrected chi connectivity index (χ2v) is 15.7. The van der Waals surface area contributed by atoms with E-state index in [1.807, 2.05) is 6.08 Å². The topological polar surface area (TPSA) is 0 Å². The number of hydrogen-bond acceptors (Lipinski definition) is 0. The molecule has 0 spiro atoms. The fraction of sp³-hybridized carbons (Fsp3) is 0.316. The maximum atomic E-state index is 3.05. The first-order chi connectivity index (χ1) is 10.0. The van der Waals surface area contributed by atoms with Crippen LogP contribution in [-0.4, -0.2) is 16.6 Å². The Labute approximate surface area is 178 Å². The van der Waals surface area contributed by atoms with Gasteiger partial charge in [-0.25, -0.2) is 11.6 Å². The minimum atomic E-state index is 0. The van der Waals surface area contributed by atoms with Crippen LogP contribution in [0.25, 0.3) is 10.8 Å². The van der Waals surface area contributed by atoms with Crippen LogP contribution < -0.4 is 24.8 Å². The Morgan fingerprint density at radius 2 is 1.54 bits per heavy atom. The minimum Gasteiger partial charge on any atom is -1.00 e. The zero-order chi connectivity index (χ0) is 15.7. The van der Waals surface area contributed by atoms with Gasteiger partial charge in [0.25, 0.3) is 0 Å². The number of allylic oxidation sites excluding steroid dienone is 4. The number of benzene rings is 1. The van der Waals surface area contributed by atoms with Gasteiger partial charge in [-0.1, -0.05) is 32.3 Å². The summed E-state index contributed by atoms with van der Waals surface area (Å²) < 4.78 is 0. The van der Waals surface area contributed by atoms with Crippen molar-refractivity contribution in [2.75, 3.05) is 0 Å². The van der Waals surface area contributed by atoms with Crippen molar-refractivity contribution in [3.8, 4) is 0 Å². The molecule has 2 aromatic rings. The fourth-order valence-electron chi connectivity index (χ4n) is 1.57. The summed E-state index contributed by atoms with van der Waals surface area (Å²) in [6.45, 7) is 11.6. The zero-order valence-electron chi connectivity index (χ0n) is 15.2. The SMILES string of the molecule is CC1=CC[C-]=C1.C[Si](C)[Si](C)C.[Cl-].[Cl-].[Ti+4].c1ccc2[cH-]ccc2c1. The van der Waals surface area contributed by atoms with Gasteiger partial charge in [0.1, 0.15) is 0 Å². The van der Waals surface area contributed by atoms with Crippen LogP contribution in [0.3, 0.4) is 0 Å². The van der Waals surface area contributed by atoms with E-state index in [1.165, 1.54) is 16.3 Å². The Bertz CT molecular complexity index is 551. The van der Waals surface area contributed by atoms with Crippen LogP contribution in [0.5, 0.6) is 0 Å². The summed E-state index contributed by atoms with van der Waals surface area (Å²) >= 11 is 0. The van der Waals surface area contributed by atoms with E-state index in [2.05, 4.69) is 87.7 Å². The molecule has 0 unspecified atom stereocenters. The minimum absolute atomic E-state index is 0. The second-order valence-electron chi connectivity index (χ2n) is 5.66. The third-order valence-corrected chi connectivity index (χ3v) is 11.4. The van der Waals surface area contributed by atoms with Crippen molar-refractivity contribution >= 4 is 27.4 Å². The number of hydrogen-bond donors (Lipinski definition) is 0. The molecule has 0 aromatic heterocycles. The molecule has 24 heavy (non-hydrogen) atoms. The molecular formula is C19H26Cl2Si2Ti. The quantitative estimate of drug-likeness (QED) is 0.437. The zero-order valence-corrected chi connectivity index (χ0v) is 20.2. The van der Waals surface area contributed by atoms with Crippen molar-refractivity contribution in [2.45, 2.75) is 39.5 Å². The average Bonchev–Trinajstić information content (AvgIpc) is 3.10. The van der Waals surface area contributed by atoms with Crippen molar-refractivity contribution in [1.29, 1.82) is 0 Å². The summed E-state index contributed by atoms with van der Waals surface area (Å²) in [6.07, 6.45) is 8.24. The van der Waals surface area contributed by atoms with E-state index in [1.54, 1.807) is 0 Å². The molecule has 0 aliphatic heterocycles. The maximum absolute atomic E-state index is 3.05. The van der Waals surface area contributed by atoms with Gasteiger partial charge in [-0.05, 0) is 0 Å². The smallest absolute Gasteiger partial charge is 1.00 e. The predicted octanol–water partition coefficient (Wildman–Crippen LogP) is -0.166. The Balaban J connectivity index is -0.000000268. The summed E-state index contributed by atoms with van der Waals surface area (Å²) in [5, 5.41) is 2.66. The Kier molecular flexibility index (Phi) is 19.8. The molecule has 0 saturated heterocycles. The summed E-state index contributed by atoms with van der Waals surface area (Å²) in [5.74, 6) is 0. The molecule has 3 rings (SSSR count). The van der Waals surface area contributed by atoms with Crippen molar-refractivity contribution in [1.82, 2.24) is 0 Å². The number of rotatable bonds is 1. The molecule has 0 nitrogen and oxygen atoms in total. The monoisotopic (exact) mass is 428 g/mol. The van der Waals surface area contributed by atoms with E-state index in [4.69, 9.17) is 0 Å². The largest absolute Gasteiger partial charge is 4.00 e. The summed E-state index contributed by atoms with van der Waals surface area (Å²) in [7, 11) is 0.300. The van der Waals surface area contributed by atoms with Gasteiger partial charge >= 0.3 is 21.7 Å². The molecule has 0 bridgehead atoms. The number of halogens is 2. The van der Waals surface area contributed by atoms with E-state index >= 15 is 0 Å². The van der Waals surface area contributed by atoms with Crippen molar-refractivity contribution in [3.05, 3.63) is 66.3 Å². The van der Waals surface area contributed by atoms with Gasteiger partial charge in [0, 0.05) is 16.6 Å². The van der Waals surface area contributed by atoms with E-state index in [0.717, 1.165) is 6.42 Å². The van der Waals surface area contributed by atoms with Gasteiger partial charge in [0.05, 0.1) is 0 Å². The van der Waals surface area contributed by atoms with Crippen LogP contribution in [0.1, 0.15) is 13.3 Å². The summed E-state index contributed by atoms with van der Waals surface area (Å²) in [4.78, 5) is 0. The Hall–Kier alpha value is 0.0381. The van der Waals surface area contributed by atoms with E-state index in [-0.39, 0.29) is 63.2 Å².